The lowest BCUT2D eigenvalue weighted by atomic mass is 10.1. The van der Waals surface area contributed by atoms with Crippen molar-refractivity contribution < 1.29 is 0 Å². The van der Waals surface area contributed by atoms with Crippen LogP contribution in [0.4, 0.5) is 5.69 Å². The van der Waals surface area contributed by atoms with Crippen LogP contribution >= 0.6 is 0 Å². The van der Waals surface area contributed by atoms with Gasteiger partial charge in [0.1, 0.15) is 5.84 Å². The molecule has 0 N–H and O–H groups in total. The fourth-order valence-electron chi connectivity index (χ4n) is 2.41. The van der Waals surface area contributed by atoms with Gasteiger partial charge in [0.15, 0.2) is 0 Å². The van der Waals surface area contributed by atoms with Crippen molar-refractivity contribution in [2.75, 3.05) is 31.2 Å². The minimum atomic E-state index is 0.890. The van der Waals surface area contributed by atoms with E-state index in [2.05, 4.69) is 45.6 Å². The number of aliphatic imine (C=N–C) groups is 1. The van der Waals surface area contributed by atoms with Crippen LogP contribution in [0.15, 0.2) is 41.9 Å². The maximum absolute atomic E-state index is 4.58. The molecule has 0 atom stereocenters. The van der Waals surface area contributed by atoms with Gasteiger partial charge >= 0.3 is 0 Å². The molecule has 3 nitrogen and oxygen atoms in total. The summed E-state index contributed by atoms with van der Waals surface area (Å²) in [6.45, 7) is 7.61. The third kappa shape index (κ3) is 1.32. The van der Waals surface area contributed by atoms with Crippen molar-refractivity contribution in [2.45, 2.75) is 0 Å². The molecule has 1 aromatic rings. The Labute approximate surface area is 95.7 Å². The van der Waals surface area contributed by atoms with Crippen LogP contribution in [0.1, 0.15) is 5.56 Å². The molecule has 2 aliphatic heterocycles. The van der Waals surface area contributed by atoms with E-state index in [-0.39, 0.29) is 0 Å². The van der Waals surface area contributed by atoms with Crippen molar-refractivity contribution in [1.29, 1.82) is 0 Å². The van der Waals surface area contributed by atoms with Crippen LogP contribution in [0.3, 0.4) is 0 Å². The van der Waals surface area contributed by atoms with E-state index in [1.165, 1.54) is 11.3 Å². The SMILES string of the molecule is C=CCN1CN2CCN=C2c2ccccc21. The Morgan fingerprint density at radius 1 is 1.38 bits per heavy atom. The lowest BCUT2D eigenvalue weighted by Crippen LogP contribution is -2.45. The average Bonchev–Trinajstić information content (AvgIpc) is 2.78. The Hall–Kier alpha value is -1.77. The van der Waals surface area contributed by atoms with Gasteiger partial charge in [-0.05, 0) is 12.1 Å². The molecular weight excluding hydrogens is 198 g/mol. The zero-order valence-corrected chi connectivity index (χ0v) is 9.26. The molecule has 1 aromatic carbocycles. The van der Waals surface area contributed by atoms with Crippen molar-refractivity contribution >= 4 is 11.5 Å². The summed E-state index contributed by atoms with van der Waals surface area (Å²) in [4.78, 5) is 9.26. The number of benzene rings is 1. The first-order chi connectivity index (χ1) is 7.90. The van der Waals surface area contributed by atoms with Crippen LogP contribution in [-0.2, 0) is 0 Å². The van der Waals surface area contributed by atoms with Gasteiger partial charge in [-0.2, -0.15) is 0 Å². The molecule has 82 valence electrons. The summed E-state index contributed by atoms with van der Waals surface area (Å²) < 4.78 is 0. The summed E-state index contributed by atoms with van der Waals surface area (Å²) in [6, 6.07) is 8.48. The molecule has 0 fully saturated rings. The molecule has 0 amide bonds. The standard InChI is InChI=1S/C13H15N3/c1-2-8-15-10-16-9-7-14-13(16)11-5-3-4-6-12(11)15/h2-6H,1,7-10H2. The molecule has 0 aromatic heterocycles. The molecule has 3 rings (SSSR count). The Bertz CT molecular complexity index is 450. The summed E-state index contributed by atoms with van der Waals surface area (Å²) in [7, 11) is 0. The van der Waals surface area contributed by atoms with Gasteiger partial charge in [-0.15, -0.1) is 6.58 Å². The first-order valence-corrected chi connectivity index (χ1v) is 5.65. The second-order valence-corrected chi connectivity index (χ2v) is 4.14. The van der Waals surface area contributed by atoms with Crippen molar-refractivity contribution in [1.82, 2.24) is 4.90 Å². The molecular formula is C13H15N3. The smallest absolute Gasteiger partial charge is 0.134 e. The molecule has 0 saturated heterocycles. The van der Waals surface area contributed by atoms with Gasteiger partial charge in [-0.1, -0.05) is 18.2 Å². The largest absolute Gasteiger partial charge is 0.349 e. The molecule has 3 heteroatoms. The van der Waals surface area contributed by atoms with E-state index in [1.54, 1.807) is 0 Å². The molecule has 0 spiro atoms. The van der Waals surface area contributed by atoms with Gasteiger partial charge in [0.05, 0.1) is 13.2 Å². The average molecular weight is 213 g/mol. The van der Waals surface area contributed by atoms with Gasteiger partial charge in [0.25, 0.3) is 0 Å². The van der Waals surface area contributed by atoms with Crippen LogP contribution in [0.2, 0.25) is 0 Å². The minimum absolute atomic E-state index is 0.890. The van der Waals surface area contributed by atoms with Crippen LogP contribution in [0.5, 0.6) is 0 Å². The van der Waals surface area contributed by atoms with E-state index < -0.39 is 0 Å². The van der Waals surface area contributed by atoms with E-state index in [1.807, 2.05) is 6.08 Å². The van der Waals surface area contributed by atoms with Gasteiger partial charge in [-0.3, -0.25) is 4.99 Å². The lowest BCUT2D eigenvalue weighted by Gasteiger charge is -2.37. The van der Waals surface area contributed by atoms with Crippen molar-refractivity contribution in [2.24, 2.45) is 4.99 Å². The first-order valence-electron chi connectivity index (χ1n) is 5.65. The molecule has 2 heterocycles. The quantitative estimate of drug-likeness (QED) is 0.696. The zero-order chi connectivity index (χ0) is 11.0. The Morgan fingerprint density at radius 3 is 3.12 bits per heavy atom. The molecule has 0 bridgehead atoms. The van der Waals surface area contributed by atoms with Gasteiger partial charge in [0, 0.05) is 24.3 Å². The third-order valence-corrected chi connectivity index (χ3v) is 3.11. The van der Waals surface area contributed by atoms with Crippen LogP contribution in [-0.4, -0.2) is 37.0 Å². The zero-order valence-electron chi connectivity index (χ0n) is 9.26. The molecule has 2 aliphatic rings. The summed E-state index contributed by atoms with van der Waals surface area (Å²) in [5, 5.41) is 0. The third-order valence-electron chi connectivity index (χ3n) is 3.11. The molecule has 0 aliphatic carbocycles. The molecule has 16 heavy (non-hydrogen) atoms. The fraction of sp³-hybridized carbons (Fsp3) is 0.308. The molecule has 0 radical (unpaired) electrons. The number of hydrogen-bond donors (Lipinski definition) is 0. The van der Waals surface area contributed by atoms with E-state index in [0.717, 1.165) is 32.1 Å². The van der Waals surface area contributed by atoms with Crippen molar-refractivity contribution in [3.8, 4) is 0 Å². The number of rotatable bonds is 2. The summed E-state index contributed by atoms with van der Waals surface area (Å²) in [6.07, 6.45) is 1.95. The number of anilines is 1. The summed E-state index contributed by atoms with van der Waals surface area (Å²) in [5.41, 5.74) is 2.53. The second kappa shape index (κ2) is 3.67. The van der Waals surface area contributed by atoms with Gasteiger partial charge in [0.2, 0.25) is 0 Å². The maximum Gasteiger partial charge on any atom is 0.134 e. The highest BCUT2D eigenvalue weighted by Gasteiger charge is 2.28. The van der Waals surface area contributed by atoms with Crippen molar-refractivity contribution in [3.63, 3.8) is 0 Å². The first kappa shape index (κ1) is 9.46. The number of nitrogens with zero attached hydrogens (tertiary/aromatic N) is 3. The number of amidine groups is 1. The highest BCUT2D eigenvalue weighted by Crippen LogP contribution is 2.28. The topological polar surface area (TPSA) is 18.8 Å². The Balaban J connectivity index is 2.08. The fourth-order valence-corrected chi connectivity index (χ4v) is 2.41. The summed E-state index contributed by atoms with van der Waals surface area (Å²) >= 11 is 0. The highest BCUT2D eigenvalue weighted by molar-refractivity contribution is 6.06. The highest BCUT2D eigenvalue weighted by atomic mass is 15.4. The van der Waals surface area contributed by atoms with Crippen LogP contribution in [0, 0.1) is 0 Å². The van der Waals surface area contributed by atoms with Crippen molar-refractivity contribution in [3.05, 3.63) is 42.5 Å². The Kier molecular flexibility index (Phi) is 2.17. The van der Waals surface area contributed by atoms with Crippen LogP contribution in [0.25, 0.3) is 0 Å². The Morgan fingerprint density at radius 2 is 2.25 bits per heavy atom. The predicted molar refractivity (Wildman–Crippen MR) is 67.0 cm³/mol. The minimum Gasteiger partial charge on any atom is -0.349 e. The van der Waals surface area contributed by atoms with Gasteiger partial charge in [-0.25, -0.2) is 0 Å². The summed E-state index contributed by atoms with van der Waals surface area (Å²) in [5.74, 6) is 1.16. The molecule has 0 saturated carbocycles. The monoisotopic (exact) mass is 213 g/mol. The van der Waals surface area contributed by atoms with E-state index >= 15 is 0 Å². The van der Waals surface area contributed by atoms with Gasteiger partial charge < -0.3 is 9.80 Å². The van der Waals surface area contributed by atoms with E-state index in [0.29, 0.717) is 0 Å². The van der Waals surface area contributed by atoms with E-state index in [9.17, 15) is 0 Å². The molecule has 0 unspecified atom stereocenters. The predicted octanol–water partition coefficient (Wildman–Crippen LogP) is 1.71. The van der Waals surface area contributed by atoms with Crippen LogP contribution < -0.4 is 4.90 Å². The lowest BCUT2D eigenvalue weighted by molar-refractivity contribution is 0.445. The maximum atomic E-state index is 4.58. The number of para-hydroxylation sites is 1. The van der Waals surface area contributed by atoms with E-state index in [4.69, 9.17) is 0 Å². The number of hydrogen-bond acceptors (Lipinski definition) is 3. The number of fused-ring (bicyclic) bond motifs is 3. The second-order valence-electron chi connectivity index (χ2n) is 4.14. The normalized spacial score (nSPS) is 17.9.